The number of nitrogens with zero attached hydrogens (tertiary/aromatic N) is 2. The second-order valence-corrected chi connectivity index (χ2v) is 6.25. The summed E-state index contributed by atoms with van der Waals surface area (Å²) in [5.41, 5.74) is 0.689. The Morgan fingerprint density at radius 3 is 2.35 bits per heavy atom. The zero-order valence-corrected chi connectivity index (χ0v) is 13.5. The molecule has 0 atom stereocenters. The molecule has 0 saturated heterocycles. The van der Waals surface area contributed by atoms with Crippen molar-refractivity contribution >= 4 is 23.2 Å². The summed E-state index contributed by atoms with van der Waals surface area (Å²) < 4.78 is 5.03. The predicted molar refractivity (Wildman–Crippen MR) is 78.6 cm³/mol. The Morgan fingerprint density at radius 1 is 1.30 bits per heavy atom. The molecular weight excluding hydrogens is 276 g/mol. The quantitative estimate of drug-likeness (QED) is 0.755. The van der Waals surface area contributed by atoms with Crippen LogP contribution in [0.25, 0.3) is 0 Å². The van der Waals surface area contributed by atoms with E-state index in [0.717, 1.165) is 5.01 Å². The van der Waals surface area contributed by atoms with Crippen molar-refractivity contribution in [2.75, 3.05) is 6.61 Å². The third-order valence-electron chi connectivity index (χ3n) is 2.75. The Hall–Kier alpha value is -1.43. The summed E-state index contributed by atoms with van der Waals surface area (Å²) in [6, 6.07) is 0.171. The third kappa shape index (κ3) is 4.92. The Kier molecular flexibility index (Phi) is 6.13. The van der Waals surface area contributed by atoms with Crippen molar-refractivity contribution in [2.24, 2.45) is 0 Å². The van der Waals surface area contributed by atoms with Crippen LogP contribution in [0.1, 0.15) is 38.4 Å². The van der Waals surface area contributed by atoms with Gasteiger partial charge in [0.1, 0.15) is 0 Å². The molecule has 112 valence electrons. The van der Waals surface area contributed by atoms with Crippen LogP contribution in [-0.4, -0.2) is 40.5 Å². The first kappa shape index (κ1) is 16.6. The van der Waals surface area contributed by atoms with Gasteiger partial charge in [-0.1, -0.05) is 0 Å². The lowest BCUT2D eigenvalue weighted by Gasteiger charge is -2.30. The third-order valence-corrected chi connectivity index (χ3v) is 3.57. The molecule has 0 spiro atoms. The van der Waals surface area contributed by atoms with E-state index in [1.165, 1.54) is 11.3 Å². The maximum absolute atomic E-state index is 12.0. The van der Waals surface area contributed by atoms with Gasteiger partial charge in [0, 0.05) is 17.5 Å². The second-order valence-electron chi connectivity index (χ2n) is 5.18. The summed E-state index contributed by atoms with van der Waals surface area (Å²) >= 11 is 1.49. The lowest BCUT2D eigenvalue weighted by molar-refractivity contribution is -0.153. The highest BCUT2D eigenvalue weighted by atomic mass is 32.1. The number of hydrogen-bond acceptors (Lipinski definition) is 5. The smallest absolute Gasteiger partial charge is 0.312 e. The first-order valence-electron chi connectivity index (χ1n) is 6.69. The minimum absolute atomic E-state index is 0.0855. The molecule has 1 heterocycles. The van der Waals surface area contributed by atoms with Crippen LogP contribution < -0.4 is 0 Å². The number of amides is 1. The zero-order valence-electron chi connectivity index (χ0n) is 12.7. The van der Waals surface area contributed by atoms with Crippen LogP contribution in [0.3, 0.4) is 0 Å². The average Bonchev–Trinajstić information content (AvgIpc) is 2.71. The van der Waals surface area contributed by atoms with Gasteiger partial charge in [0.2, 0.25) is 0 Å². The number of carbonyl (C=O) groups excluding carboxylic acids is 2. The Balaban J connectivity index is 2.45. The van der Waals surface area contributed by atoms with Crippen LogP contribution in [0.15, 0.2) is 5.38 Å². The monoisotopic (exact) mass is 298 g/mol. The van der Waals surface area contributed by atoms with E-state index in [4.69, 9.17) is 4.74 Å². The highest BCUT2D eigenvalue weighted by molar-refractivity contribution is 7.09. The number of thiazole rings is 1. The number of ether oxygens (including phenoxy) is 1. The van der Waals surface area contributed by atoms with Crippen molar-refractivity contribution in [3.8, 4) is 0 Å². The van der Waals surface area contributed by atoms with Gasteiger partial charge in [0.25, 0.3) is 5.91 Å². The summed E-state index contributed by atoms with van der Waals surface area (Å²) in [5, 5.41) is 2.74. The summed E-state index contributed by atoms with van der Waals surface area (Å²) in [4.78, 5) is 29.6. The van der Waals surface area contributed by atoms with Gasteiger partial charge in [-0.3, -0.25) is 9.59 Å². The van der Waals surface area contributed by atoms with Gasteiger partial charge in [-0.25, -0.2) is 4.98 Å². The number of esters is 1. The molecule has 1 rings (SSSR count). The molecule has 1 aromatic heterocycles. The van der Waals surface area contributed by atoms with Crippen LogP contribution in [0, 0.1) is 6.92 Å². The second kappa shape index (κ2) is 7.38. The Bertz CT molecular complexity index is 461. The molecule has 0 N–H and O–H groups in total. The maximum atomic E-state index is 12.0. The van der Waals surface area contributed by atoms with Crippen molar-refractivity contribution in [1.82, 2.24) is 9.88 Å². The van der Waals surface area contributed by atoms with E-state index < -0.39 is 5.97 Å². The van der Waals surface area contributed by atoms with E-state index in [1.54, 1.807) is 4.90 Å². The lowest BCUT2D eigenvalue weighted by Crippen LogP contribution is -2.44. The minimum atomic E-state index is -0.420. The molecule has 20 heavy (non-hydrogen) atoms. The molecule has 5 nitrogen and oxygen atoms in total. The van der Waals surface area contributed by atoms with Gasteiger partial charge >= 0.3 is 5.97 Å². The SMILES string of the molecule is Cc1nc(CC(=O)OCC(=O)N(C(C)C)C(C)C)cs1. The summed E-state index contributed by atoms with van der Waals surface area (Å²) in [6.45, 7) is 9.44. The lowest BCUT2D eigenvalue weighted by atomic mass is 10.2. The molecule has 0 bridgehead atoms. The maximum Gasteiger partial charge on any atom is 0.312 e. The van der Waals surface area contributed by atoms with Crippen molar-refractivity contribution in [1.29, 1.82) is 0 Å². The van der Waals surface area contributed by atoms with Gasteiger partial charge in [0.05, 0.1) is 17.1 Å². The van der Waals surface area contributed by atoms with E-state index in [1.807, 2.05) is 40.0 Å². The number of carbonyl (C=O) groups is 2. The molecule has 0 aliphatic heterocycles. The van der Waals surface area contributed by atoms with Crippen molar-refractivity contribution in [3.05, 3.63) is 16.1 Å². The van der Waals surface area contributed by atoms with Crippen molar-refractivity contribution < 1.29 is 14.3 Å². The first-order valence-corrected chi connectivity index (χ1v) is 7.57. The van der Waals surface area contributed by atoms with E-state index >= 15 is 0 Å². The van der Waals surface area contributed by atoms with E-state index in [0.29, 0.717) is 5.69 Å². The minimum Gasteiger partial charge on any atom is -0.455 e. The van der Waals surface area contributed by atoms with Gasteiger partial charge in [-0.15, -0.1) is 11.3 Å². The standard InChI is InChI=1S/C14H22N2O3S/c1-9(2)16(10(3)4)13(17)7-19-14(18)6-12-8-20-11(5)15-12/h8-10H,6-7H2,1-5H3. The van der Waals surface area contributed by atoms with Crippen LogP contribution in [0.4, 0.5) is 0 Å². The molecule has 0 aromatic carbocycles. The Morgan fingerprint density at radius 2 is 1.90 bits per heavy atom. The molecule has 0 saturated carbocycles. The predicted octanol–water partition coefficient (Wildman–Crippen LogP) is 2.18. The summed E-state index contributed by atoms with van der Waals surface area (Å²) in [5.74, 6) is -0.589. The number of rotatable bonds is 6. The highest BCUT2D eigenvalue weighted by Gasteiger charge is 2.21. The molecule has 0 unspecified atom stereocenters. The number of aryl methyl sites for hydroxylation is 1. The number of hydrogen-bond donors (Lipinski definition) is 0. The van der Waals surface area contributed by atoms with Crippen molar-refractivity contribution in [2.45, 2.75) is 53.1 Å². The number of aromatic nitrogens is 1. The topological polar surface area (TPSA) is 59.5 Å². The highest BCUT2D eigenvalue weighted by Crippen LogP contribution is 2.09. The summed E-state index contributed by atoms with van der Waals surface area (Å²) in [7, 11) is 0. The molecule has 6 heteroatoms. The van der Waals surface area contributed by atoms with Crippen LogP contribution in [0.5, 0.6) is 0 Å². The molecule has 0 aliphatic rings. The Labute approximate surface area is 124 Å². The van der Waals surface area contributed by atoms with E-state index in [2.05, 4.69) is 4.98 Å². The molecule has 1 aromatic rings. The van der Waals surface area contributed by atoms with Crippen LogP contribution in [0.2, 0.25) is 0 Å². The molecule has 0 radical (unpaired) electrons. The normalized spacial score (nSPS) is 10.9. The average molecular weight is 298 g/mol. The first-order chi connectivity index (χ1) is 9.31. The van der Waals surface area contributed by atoms with Crippen LogP contribution >= 0.6 is 11.3 Å². The van der Waals surface area contributed by atoms with Gasteiger partial charge in [-0.2, -0.15) is 0 Å². The summed E-state index contributed by atoms with van der Waals surface area (Å²) in [6.07, 6.45) is 0.112. The van der Waals surface area contributed by atoms with Gasteiger partial charge < -0.3 is 9.64 Å². The van der Waals surface area contributed by atoms with E-state index in [9.17, 15) is 9.59 Å². The fraction of sp³-hybridized carbons (Fsp3) is 0.643. The van der Waals surface area contributed by atoms with E-state index in [-0.39, 0.29) is 31.0 Å². The van der Waals surface area contributed by atoms with Crippen molar-refractivity contribution in [3.63, 3.8) is 0 Å². The van der Waals surface area contributed by atoms with Crippen LogP contribution in [-0.2, 0) is 20.7 Å². The molecular formula is C14H22N2O3S. The van der Waals surface area contributed by atoms with Gasteiger partial charge in [0.15, 0.2) is 6.61 Å². The molecule has 0 aliphatic carbocycles. The zero-order chi connectivity index (χ0) is 15.3. The van der Waals surface area contributed by atoms with Gasteiger partial charge in [-0.05, 0) is 34.6 Å². The largest absolute Gasteiger partial charge is 0.455 e. The fourth-order valence-corrected chi connectivity index (χ4v) is 2.69. The molecule has 0 fully saturated rings. The fourth-order valence-electron chi connectivity index (χ4n) is 2.08. The molecule has 1 amide bonds.